The third kappa shape index (κ3) is 4.18. The monoisotopic (exact) mass is 252 g/mol. The number of nitrogens with one attached hydrogen (secondary N) is 1. The van der Waals surface area contributed by atoms with Gasteiger partial charge in [0.1, 0.15) is 0 Å². The summed E-state index contributed by atoms with van der Waals surface area (Å²) in [6.45, 7) is 5.13. The van der Waals surface area contributed by atoms with Crippen molar-refractivity contribution in [3.05, 3.63) is 0 Å². The van der Waals surface area contributed by atoms with Crippen LogP contribution >= 0.6 is 0 Å². The maximum absolute atomic E-state index is 12.1. The van der Waals surface area contributed by atoms with E-state index in [1.165, 1.54) is 51.4 Å². The molecule has 0 unspecified atom stereocenters. The van der Waals surface area contributed by atoms with Crippen molar-refractivity contribution >= 4 is 6.03 Å². The van der Waals surface area contributed by atoms with Crippen LogP contribution < -0.4 is 5.32 Å². The van der Waals surface area contributed by atoms with Crippen LogP contribution in [0.4, 0.5) is 4.79 Å². The Hall–Kier alpha value is -0.730. The lowest BCUT2D eigenvalue weighted by atomic mass is 9.83. The number of nitrogens with zero attached hydrogens (tertiary/aromatic N) is 1. The third-order valence-corrected chi connectivity index (χ3v) is 4.57. The Morgan fingerprint density at radius 1 is 1.06 bits per heavy atom. The molecule has 2 fully saturated rings. The van der Waals surface area contributed by atoms with Crippen molar-refractivity contribution in [1.82, 2.24) is 10.2 Å². The molecule has 2 rings (SSSR count). The van der Waals surface area contributed by atoms with Crippen molar-refractivity contribution in [2.24, 2.45) is 11.8 Å². The first kappa shape index (κ1) is 13.7. The van der Waals surface area contributed by atoms with Crippen molar-refractivity contribution in [3.8, 4) is 0 Å². The van der Waals surface area contributed by atoms with Gasteiger partial charge in [0.25, 0.3) is 0 Å². The highest BCUT2D eigenvalue weighted by molar-refractivity contribution is 5.74. The smallest absolute Gasteiger partial charge is 0.317 e. The molecule has 3 nitrogen and oxygen atoms in total. The van der Waals surface area contributed by atoms with Gasteiger partial charge in [-0.1, -0.05) is 32.6 Å². The van der Waals surface area contributed by atoms with Crippen molar-refractivity contribution in [1.29, 1.82) is 0 Å². The summed E-state index contributed by atoms with van der Waals surface area (Å²) in [6, 6.07) is 0.176. The summed E-state index contributed by atoms with van der Waals surface area (Å²) in [5, 5.41) is 3.15. The summed E-state index contributed by atoms with van der Waals surface area (Å²) < 4.78 is 0. The Kier molecular flexibility index (Phi) is 5.33. The van der Waals surface area contributed by atoms with Gasteiger partial charge in [0.2, 0.25) is 0 Å². The van der Waals surface area contributed by atoms with Crippen LogP contribution in [0.15, 0.2) is 0 Å². The van der Waals surface area contributed by atoms with E-state index in [1.807, 2.05) is 4.90 Å². The molecule has 18 heavy (non-hydrogen) atoms. The van der Waals surface area contributed by atoms with Crippen molar-refractivity contribution in [2.75, 3.05) is 19.6 Å². The molecule has 0 bridgehead atoms. The fraction of sp³-hybridized carbons (Fsp3) is 0.933. The van der Waals surface area contributed by atoms with Crippen LogP contribution in [0.2, 0.25) is 0 Å². The van der Waals surface area contributed by atoms with Gasteiger partial charge in [-0.25, -0.2) is 4.79 Å². The lowest BCUT2D eigenvalue weighted by Gasteiger charge is -2.27. The lowest BCUT2D eigenvalue weighted by Crippen LogP contribution is -2.42. The predicted molar refractivity (Wildman–Crippen MR) is 74.6 cm³/mol. The number of amides is 2. The summed E-state index contributed by atoms with van der Waals surface area (Å²) >= 11 is 0. The minimum absolute atomic E-state index is 0.176. The maximum Gasteiger partial charge on any atom is 0.317 e. The molecule has 1 aliphatic carbocycles. The topological polar surface area (TPSA) is 32.3 Å². The number of carbonyl (C=O) groups excluding carboxylic acids is 1. The van der Waals surface area contributed by atoms with Crippen LogP contribution in [-0.4, -0.2) is 30.6 Å². The van der Waals surface area contributed by atoms with Gasteiger partial charge in [-0.3, -0.25) is 0 Å². The van der Waals surface area contributed by atoms with E-state index in [-0.39, 0.29) is 6.03 Å². The molecule has 3 heteroatoms. The normalized spacial score (nSPS) is 29.7. The Balaban J connectivity index is 1.67. The Labute approximate surface area is 111 Å². The molecule has 0 atom stereocenters. The molecule has 0 radical (unpaired) electrons. The highest BCUT2D eigenvalue weighted by Crippen LogP contribution is 2.27. The van der Waals surface area contributed by atoms with Gasteiger partial charge in [0.15, 0.2) is 0 Å². The van der Waals surface area contributed by atoms with Crippen LogP contribution in [0.3, 0.4) is 0 Å². The van der Waals surface area contributed by atoms with Crippen molar-refractivity contribution < 1.29 is 4.79 Å². The first-order chi connectivity index (χ1) is 8.75. The molecule has 0 spiro atoms. The van der Waals surface area contributed by atoms with Gasteiger partial charge < -0.3 is 10.2 Å². The number of urea groups is 1. The highest BCUT2D eigenvalue weighted by atomic mass is 16.2. The Morgan fingerprint density at radius 2 is 1.67 bits per heavy atom. The van der Waals surface area contributed by atoms with Gasteiger partial charge in [-0.2, -0.15) is 0 Å². The van der Waals surface area contributed by atoms with Gasteiger partial charge in [0.05, 0.1) is 0 Å². The highest BCUT2D eigenvalue weighted by Gasteiger charge is 2.20. The fourth-order valence-corrected chi connectivity index (χ4v) is 3.15. The fourth-order valence-electron chi connectivity index (χ4n) is 3.15. The molecule has 1 heterocycles. The third-order valence-electron chi connectivity index (χ3n) is 4.57. The number of hydrogen-bond acceptors (Lipinski definition) is 1. The molecule has 2 aliphatic rings. The molecule has 1 aliphatic heterocycles. The number of carbonyl (C=O) groups is 1. The van der Waals surface area contributed by atoms with E-state index in [1.54, 1.807) is 0 Å². The standard InChI is InChI=1S/C15H28N2O/c1-13-6-8-14(9-7-13)12-16-15(18)17-10-4-2-3-5-11-17/h13-14H,2-12H2,1H3,(H,16,18). The van der Waals surface area contributed by atoms with Crippen LogP contribution in [-0.2, 0) is 0 Å². The number of rotatable bonds is 2. The second-order valence-corrected chi connectivity index (χ2v) is 6.21. The molecule has 0 aromatic heterocycles. The molecule has 0 aromatic rings. The summed E-state index contributed by atoms with van der Waals surface area (Å²) in [7, 11) is 0. The first-order valence-electron chi connectivity index (χ1n) is 7.78. The Bertz CT molecular complexity index is 251. The zero-order chi connectivity index (χ0) is 12.8. The molecule has 2 amide bonds. The molecular formula is C15H28N2O. The zero-order valence-corrected chi connectivity index (χ0v) is 11.8. The molecule has 1 saturated carbocycles. The lowest BCUT2D eigenvalue weighted by molar-refractivity contribution is 0.194. The predicted octanol–water partition coefficient (Wildman–Crippen LogP) is 3.40. The summed E-state index contributed by atoms with van der Waals surface area (Å²) in [4.78, 5) is 14.1. The number of likely N-dealkylation sites (tertiary alicyclic amines) is 1. The van der Waals surface area contributed by atoms with Crippen LogP contribution in [0.1, 0.15) is 58.3 Å². The van der Waals surface area contributed by atoms with Crippen LogP contribution in [0.5, 0.6) is 0 Å². The molecule has 104 valence electrons. The maximum atomic E-state index is 12.1. The second-order valence-electron chi connectivity index (χ2n) is 6.21. The van der Waals surface area contributed by atoms with Gasteiger partial charge >= 0.3 is 6.03 Å². The molecular weight excluding hydrogens is 224 g/mol. The van der Waals surface area contributed by atoms with Gasteiger partial charge in [-0.05, 0) is 37.5 Å². The van der Waals surface area contributed by atoms with E-state index >= 15 is 0 Å². The minimum atomic E-state index is 0.176. The largest absolute Gasteiger partial charge is 0.338 e. The van der Waals surface area contributed by atoms with E-state index in [0.29, 0.717) is 0 Å². The van der Waals surface area contributed by atoms with E-state index in [2.05, 4.69) is 12.2 Å². The van der Waals surface area contributed by atoms with E-state index in [9.17, 15) is 4.79 Å². The summed E-state index contributed by atoms with van der Waals surface area (Å²) in [5.41, 5.74) is 0. The van der Waals surface area contributed by atoms with E-state index < -0.39 is 0 Å². The second kappa shape index (κ2) is 7.01. The summed E-state index contributed by atoms with van der Waals surface area (Å²) in [5.74, 6) is 1.61. The van der Waals surface area contributed by atoms with Crippen molar-refractivity contribution in [2.45, 2.75) is 58.3 Å². The zero-order valence-electron chi connectivity index (χ0n) is 11.8. The number of hydrogen-bond donors (Lipinski definition) is 1. The Morgan fingerprint density at radius 3 is 2.28 bits per heavy atom. The first-order valence-corrected chi connectivity index (χ1v) is 7.78. The van der Waals surface area contributed by atoms with Crippen molar-refractivity contribution in [3.63, 3.8) is 0 Å². The molecule has 1 N–H and O–H groups in total. The van der Waals surface area contributed by atoms with Gasteiger partial charge in [-0.15, -0.1) is 0 Å². The minimum Gasteiger partial charge on any atom is -0.338 e. The molecule has 1 saturated heterocycles. The van der Waals surface area contributed by atoms with Crippen LogP contribution in [0.25, 0.3) is 0 Å². The summed E-state index contributed by atoms with van der Waals surface area (Å²) in [6.07, 6.45) is 10.2. The average molecular weight is 252 g/mol. The quantitative estimate of drug-likeness (QED) is 0.802. The van der Waals surface area contributed by atoms with Gasteiger partial charge in [0, 0.05) is 19.6 Å². The van der Waals surface area contributed by atoms with E-state index in [4.69, 9.17) is 0 Å². The van der Waals surface area contributed by atoms with E-state index in [0.717, 1.165) is 31.5 Å². The SMILES string of the molecule is CC1CCC(CNC(=O)N2CCCCCC2)CC1. The van der Waals surface area contributed by atoms with Crippen LogP contribution in [0, 0.1) is 11.8 Å². The molecule has 0 aromatic carbocycles. The average Bonchev–Trinajstić information content (AvgIpc) is 2.66.